The highest BCUT2D eigenvalue weighted by Gasteiger charge is 2.26. The summed E-state index contributed by atoms with van der Waals surface area (Å²) in [4.78, 5) is 12.0. The van der Waals surface area contributed by atoms with Crippen LogP contribution in [0.1, 0.15) is 22.8 Å². The third kappa shape index (κ3) is 2.87. The lowest BCUT2D eigenvalue weighted by Crippen LogP contribution is -2.11. The molecule has 0 spiro atoms. The van der Waals surface area contributed by atoms with Gasteiger partial charge in [-0.2, -0.15) is 0 Å². The number of ether oxygens (including phenoxy) is 1. The van der Waals surface area contributed by atoms with E-state index in [1.807, 2.05) is 6.92 Å². The van der Waals surface area contributed by atoms with Crippen LogP contribution in [-0.2, 0) is 17.9 Å². The van der Waals surface area contributed by atoms with E-state index >= 15 is 0 Å². The van der Waals surface area contributed by atoms with Crippen molar-refractivity contribution in [1.82, 2.24) is 15.0 Å². The van der Waals surface area contributed by atoms with Crippen LogP contribution in [-0.4, -0.2) is 21.0 Å². The van der Waals surface area contributed by atoms with Crippen molar-refractivity contribution in [2.45, 2.75) is 20.1 Å². The van der Waals surface area contributed by atoms with Gasteiger partial charge in [0, 0.05) is 6.54 Å². The SMILES string of the molecule is CCn1nnc2cc(C(=O)OCc3c(F)c(F)c(F)c(F)c3F)ccc21. The normalized spacial score (nSPS) is 11.2. The van der Waals surface area contributed by atoms with Crippen LogP contribution in [0, 0.1) is 29.1 Å². The van der Waals surface area contributed by atoms with Gasteiger partial charge in [-0.3, -0.25) is 0 Å². The molecular formula is C16H10F5N3O2. The Hall–Kier alpha value is -3.04. The first-order valence-corrected chi connectivity index (χ1v) is 7.35. The molecular weight excluding hydrogens is 361 g/mol. The van der Waals surface area contributed by atoms with Crippen LogP contribution >= 0.6 is 0 Å². The Kier molecular flexibility index (Phi) is 4.58. The number of benzene rings is 2. The Labute approximate surface area is 143 Å². The predicted molar refractivity (Wildman–Crippen MR) is 78.6 cm³/mol. The Morgan fingerprint density at radius 1 is 1.04 bits per heavy atom. The van der Waals surface area contributed by atoms with Gasteiger partial charge in [0.05, 0.1) is 16.6 Å². The van der Waals surface area contributed by atoms with Gasteiger partial charge in [0.15, 0.2) is 23.3 Å². The first-order chi connectivity index (χ1) is 12.3. The second-order valence-electron chi connectivity index (χ2n) is 5.23. The molecule has 1 heterocycles. The zero-order valence-corrected chi connectivity index (χ0v) is 13.2. The van der Waals surface area contributed by atoms with E-state index < -0.39 is 47.2 Å². The molecule has 0 aliphatic carbocycles. The molecule has 0 fully saturated rings. The molecule has 5 nitrogen and oxygen atoms in total. The van der Waals surface area contributed by atoms with Crippen molar-refractivity contribution >= 4 is 17.0 Å². The van der Waals surface area contributed by atoms with Gasteiger partial charge in [-0.25, -0.2) is 31.4 Å². The molecule has 0 aliphatic rings. The molecule has 0 radical (unpaired) electrons. The van der Waals surface area contributed by atoms with Crippen LogP contribution in [0.5, 0.6) is 0 Å². The monoisotopic (exact) mass is 371 g/mol. The van der Waals surface area contributed by atoms with Gasteiger partial charge in [0.1, 0.15) is 12.1 Å². The second-order valence-corrected chi connectivity index (χ2v) is 5.23. The number of hydrogen-bond donors (Lipinski definition) is 0. The predicted octanol–water partition coefficient (Wildman–Crippen LogP) is 3.50. The zero-order valence-electron chi connectivity index (χ0n) is 13.2. The number of aryl methyl sites for hydroxylation is 1. The van der Waals surface area contributed by atoms with Gasteiger partial charge in [-0.15, -0.1) is 5.10 Å². The summed E-state index contributed by atoms with van der Waals surface area (Å²) in [5, 5.41) is 7.71. The fraction of sp³-hybridized carbons (Fsp3) is 0.188. The van der Waals surface area contributed by atoms with Crippen LogP contribution < -0.4 is 0 Å². The fourth-order valence-corrected chi connectivity index (χ4v) is 2.33. The van der Waals surface area contributed by atoms with Gasteiger partial charge in [0.2, 0.25) is 5.82 Å². The number of carbonyl (C=O) groups excluding carboxylic acids is 1. The Morgan fingerprint density at radius 3 is 2.27 bits per heavy atom. The average Bonchev–Trinajstić information content (AvgIpc) is 3.06. The van der Waals surface area contributed by atoms with E-state index in [2.05, 4.69) is 15.0 Å². The number of esters is 1. The van der Waals surface area contributed by atoms with Crippen LogP contribution in [0.2, 0.25) is 0 Å². The molecule has 0 N–H and O–H groups in total. The molecule has 3 rings (SSSR count). The lowest BCUT2D eigenvalue weighted by Gasteiger charge is -2.09. The molecule has 10 heteroatoms. The second kappa shape index (κ2) is 6.70. The summed E-state index contributed by atoms with van der Waals surface area (Å²) in [5.41, 5.74) is -0.196. The third-order valence-corrected chi connectivity index (χ3v) is 3.70. The molecule has 0 atom stereocenters. The van der Waals surface area contributed by atoms with Gasteiger partial charge in [0.25, 0.3) is 0 Å². The number of hydrogen-bond acceptors (Lipinski definition) is 4. The van der Waals surface area contributed by atoms with Gasteiger partial charge in [-0.1, -0.05) is 5.21 Å². The number of halogens is 5. The number of nitrogens with zero attached hydrogens (tertiary/aromatic N) is 3. The largest absolute Gasteiger partial charge is 0.457 e. The molecule has 2 aromatic carbocycles. The first kappa shape index (κ1) is 17.8. The summed E-state index contributed by atoms with van der Waals surface area (Å²) >= 11 is 0. The van der Waals surface area contributed by atoms with Gasteiger partial charge < -0.3 is 4.74 Å². The molecule has 1 aromatic heterocycles. The molecule has 0 unspecified atom stereocenters. The Bertz CT molecular complexity index is 990. The average molecular weight is 371 g/mol. The van der Waals surface area contributed by atoms with Crippen molar-refractivity contribution in [3.05, 3.63) is 58.4 Å². The highest BCUT2D eigenvalue weighted by atomic mass is 19.2. The Morgan fingerprint density at radius 2 is 1.65 bits per heavy atom. The van der Waals surface area contributed by atoms with Crippen molar-refractivity contribution in [3.8, 4) is 0 Å². The fourth-order valence-electron chi connectivity index (χ4n) is 2.33. The number of fused-ring (bicyclic) bond motifs is 1. The van der Waals surface area contributed by atoms with Crippen LogP contribution in [0.25, 0.3) is 11.0 Å². The molecule has 3 aromatic rings. The van der Waals surface area contributed by atoms with Gasteiger partial charge in [-0.05, 0) is 25.1 Å². The van der Waals surface area contributed by atoms with Crippen LogP contribution in [0.15, 0.2) is 18.2 Å². The number of rotatable bonds is 4. The molecule has 0 aliphatic heterocycles. The minimum Gasteiger partial charge on any atom is -0.457 e. The highest BCUT2D eigenvalue weighted by Crippen LogP contribution is 2.24. The topological polar surface area (TPSA) is 57.0 Å². The minimum atomic E-state index is -2.28. The van der Waals surface area contributed by atoms with E-state index in [4.69, 9.17) is 0 Å². The van der Waals surface area contributed by atoms with Crippen molar-refractivity contribution < 1.29 is 31.5 Å². The lowest BCUT2D eigenvalue weighted by atomic mass is 10.1. The smallest absolute Gasteiger partial charge is 0.338 e. The highest BCUT2D eigenvalue weighted by molar-refractivity contribution is 5.93. The number of carbonyl (C=O) groups is 1. The van der Waals surface area contributed by atoms with E-state index in [1.165, 1.54) is 12.1 Å². The standard InChI is InChI=1S/C16H10F5N3O2/c1-2-24-10-4-3-7(5-9(10)22-23-24)16(25)26-6-8-11(17)13(19)15(21)14(20)12(8)18/h3-5H,2,6H2,1H3. The van der Waals surface area contributed by atoms with E-state index in [0.29, 0.717) is 17.6 Å². The minimum absolute atomic E-state index is 0.00970. The van der Waals surface area contributed by atoms with E-state index in [9.17, 15) is 26.7 Å². The molecule has 0 saturated heterocycles. The van der Waals surface area contributed by atoms with Gasteiger partial charge >= 0.3 is 5.97 Å². The summed E-state index contributed by atoms with van der Waals surface area (Å²) in [6.45, 7) is 1.28. The lowest BCUT2D eigenvalue weighted by molar-refractivity contribution is 0.0462. The quantitative estimate of drug-likeness (QED) is 0.305. The summed E-state index contributed by atoms with van der Waals surface area (Å²) in [7, 11) is 0. The van der Waals surface area contributed by atoms with E-state index in [-0.39, 0.29) is 5.56 Å². The van der Waals surface area contributed by atoms with Crippen molar-refractivity contribution in [1.29, 1.82) is 0 Å². The van der Waals surface area contributed by atoms with Crippen molar-refractivity contribution in [3.63, 3.8) is 0 Å². The maximum Gasteiger partial charge on any atom is 0.338 e. The van der Waals surface area contributed by atoms with Crippen LogP contribution in [0.4, 0.5) is 22.0 Å². The molecule has 0 bridgehead atoms. The number of aromatic nitrogens is 3. The summed E-state index contributed by atoms with van der Waals surface area (Å²) in [6.07, 6.45) is 0. The third-order valence-electron chi connectivity index (χ3n) is 3.70. The zero-order chi connectivity index (χ0) is 19.0. The summed E-state index contributed by atoms with van der Waals surface area (Å²) < 4.78 is 72.7. The maximum atomic E-state index is 13.6. The first-order valence-electron chi connectivity index (χ1n) is 7.35. The van der Waals surface area contributed by atoms with Crippen molar-refractivity contribution in [2.75, 3.05) is 0 Å². The van der Waals surface area contributed by atoms with Crippen molar-refractivity contribution in [2.24, 2.45) is 0 Å². The molecule has 26 heavy (non-hydrogen) atoms. The summed E-state index contributed by atoms with van der Waals surface area (Å²) in [5.74, 6) is -11.6. The molecule has 0 saturated carbocycles. The summed E-state index contributed by atoms with van der Waals surface area (Å²) in [6, 6.07) is 4.27. The maximum absolute atomic E-state index is 13.6. The molecule has 136 valence electrons. The molecule has 0 amide bonds. The van der Waals surface area contributed by atoms with E-state index in [0.717, 1.165) is 0 Å². The van der Waals surface area contributed by atoms with E-state index in [1.54, 1.807) is 10.7 Å². The van der Waals surface area contributed by atoms with Crippen LogP contribution in [0.3, 0.4) is 0 Å². The Balaban J connectivity index is 1.84.